The second-order valence-corrected chi connectivity index (χ2v) is 4.87. The Balaban J connectivity index is 2.14. The number of aryl methyl sites for hydroxylation is 1. The predicted octanol–water partition coefficient (Wildman–Crippen LogP) is 2.75. The summed E-state index contributed by atoms with van der Waals surface area (Å²) in [7, 11) is 0. The van der Waals surface area contributed by atoms with E-state index in [0.717, 1.165) is 42.3 Å². The van der Waals surface area contributed by atoms with E-state index in [4.69, 9.17) is 11.6 Å². The van der Waals surface area contributed by atoms with Gasteiger partial charge in [0.15, 0.2) is 5.82 Å². The first-order valence-electron chi connectivity index (χ1n) is 6.07. The van der Waals surface area contributed by atoms with Crippen molar-refractivity contribution in [2.45, 2.75) is 19.9 Å². The maximum absolute atomic E-state index is 6.20. The second kappa shape index (κ2) is 4.67. The van der Waals surface area contributed by atoms with Gasteiger partial charge in [0.05, 0.1) is 10.7 Å². The molecule has 0 saturated carbocycles. The lowest BCUT2D eigenvalue weighted by Crippen LogP contribution is -2.26. The Bertz CT molecular complexity index is 596. The molecule has 18 heavy (non-hydrogen) atoms. The first-order chi connectivity index (χ1) is 8.75. The number of hydrogen-bond acceptors (Lipinski definition) is 3. The quantitative estimate of drug-likeness (QED) is 0.856. The highest BCUT2D eigenvalue weighted by Crippen LogP contribution is 2.26. The van der Waals surface area contributed by atoms with Gasteiger partial charge in [-0.25, -0.2) is 9.97 Å². The van der Waals surface area contributed by atoms with Crippen molar-refractivity contribution in [3.05, 3.63) is 46.2 Å². The SMILES string of the molecule is Cc1nc(-c2ccccc2Cl)nc2c1CNCC2. The molecule has 0 spiro atoms. The molecule has 1 aliphatic rings. The third kappa shape index (κ3) is 2.00. The van der Waals surface area contributed by atoms with Crippen molar-refractivity contribution in [3.8, 4) is 11.4 Å². The van der Waals surface area contributed by atoms with E-state index < -0.39 is 0 Å². The van der Waals surface area contributed by atoms with Gasteiger partial charge in [-0.15, -0.1) is 0 Å². The third-order valence-electron chi connectivity index (χ3n) is 3.25. The Morgan fingerprint density at radius 1 is 1.22 bits per heavy atom. The zero-order chi connectivity index (χ0) is 12.5. The molecule has 1 aliphatic heterocycles. The van der Waals surface area contributed by atoms with Crippen LogP contribution >= 0.6 is 11.6 Å². The summed E-state index contributed by atoms with van der Waals surface area (Å²) in [4.78, 5) is 9.25. The van der Waals surface area contributed by atoms with E-state index in [1.165, 1.54) is 5.56 Å². The second-order valence-electron chi connectivity index (χ2n) is 4.46. The van der Waals surface area contributed by atoms with E-state index >= 15 is 0 Å². The molecule has 0 atom stereocenters. The molecule has 0 saturated heterocycles. The Labute approximate surface area is 111 Å². The molecule has 0 amide bonds. The normalized spacial score (nSPS) is 14.3. The van der Waals surface area contributed by atoms with Crippen LogP contribution in [-0.2, 0) is 13.0 Å². The highest BCUT2D eigenvalue weighted by molar-refractivity contribution is 6.33. The minimum Gasteiger partial charge on any atom is -0.312 e. The molecular weight excluding hydrogens is 246 g/mol. The minimum absolute atomic E-state index is 0.700. The van der Waals surface area contributed by atoms with Gasteiger partial charge in [0.2, 0.25) is 0 Å². The molecule has 1 N–H and O–H groups in total. The molecule has 2 aromatic rings. The summed E-state index contributed by atoms with van der Waals surface area (Å²) in [6, 6.07) is 7.71. The fraction of sp³-hybridized carbons (Fsp3) is 0.286. The number of aromatic nitrogens is 2. The van der Waals surface area contributed by atoms with Crippen molar-refractivity contribution < 1.29 is 0 Å². The molecule has 3 nitrogen and oxygen atoms in total. The zero-order valence-electron chi connectivity index (χ0n) is 10.2. The number of hydrogen-bond donors (Lipinski definition) is 1. The lowest BCUT2D eigenvalue weighted by atomic mass is 10.1. The van der Waals surface area contributed by atoms with Gasteiger partial charge in [-0.1, -0.05) is 23.7 Å². The summed E-state index contributed by atoms with van der Waals surface area (Å²) in [5, 5.41) is 4.05. The van der Waals surface area contributed by atoms with Gasteiger partial charge in [-0.3, -0.25) is 0 Å². The first kappa shape index (κ1) is 11.6. The maximum atomic E-state index is 6.20. The first-order valence-corrected chi connectivity index (χ1v) is 6.45. The third-order valence-corrected chi connectivity index (χ3v) is 3.58. The molecule has 1 aromatic heterocycles. The average Bonchev–Trinajstić information content (AvgIpc) is 2.39. The number of rotatable bonds is 1. The van der Waals surface area contributed by atoms with Crippen molar-refractivity contribution in [1.82, 2.24) is 15.3 Å². The van der Waals surface area contributed by atoms with Crippen molar-refractivity contribution in [3.63, 3.8) is 0 Å². The van der Waals surface area contributed by atoms with Crippen molar-refractivity contribution in [2.75, 3.05) is 6.54 Å². The summed E-state index contributed by atoms with van der Waals surface area (Å²) in [6.07, 6.45) is 0.955. The van der Waals surface area contributed by atoms with Gasteiger partial charge in [0.1, 0.15) is 0 Å². The minimum atomic E-state index is 0.700. The van der Waals surface area contributed by atoms with E-state index in [0.29, 0.717) is 5.02 Å². The molecule has 0 bridgehead atoms. The Morgan fingerprint density at radius 2 is 2.06 bits per heavy atom. The van der Waals surface area contributed by atoms with Gasteiger partial charge in [-0.05, 0) is 19.1 Å². The van der Waals surface area contributed by atoms with Gasteiger partial charge < -0.3 is 5.32 Å². The van der Waals surface area contributed by atoms with Crippen molar-refractivity contribution in [1.29, 1.82) is 0 Å². The summed E-state index contributed by atoms with van der Waals surface area (Å²) in [6.45, 7) is 3.88. The van der Waals surface area contributed by atoms with Crippen LogP contribution in [-0.4, -0.2) is 16.5 Å². The summed E-state index contributed by atoms with van der Waals surface area (Å²) in [5.41, 5.74) is 4.33. The van der Waals surface area contributed by atoms with E-state index in [1.807, 2.05) is 31.2 Å². The Hall–Kier alpha value is -1.45. The molecule has 1 aromatic carbocycles. The van der Waals surface area contributed by atoms with Crippen LogP contribution in [0.25, 0.3) is 11.4 Å². The topological polar surface area (TPSA) is 37.8 Å². The fourth-order valence-electron chi connectivity index (χ4n) is 2.28. The largest absolute Gasteiger partial charge is 0.312 e. The molecule has 0 aliphatic carbocycles. The highest BCUT2D eigenvalue weighted by atomic mass is 35.5. The van der Waals surface area contributed by atoms with E-state index in [9.17, 15) is 0 Å². The van der Waals surface area contributed by atoms with Crippen molar-refractivity contribution >= 4 is 11.6 Å². The molecule has 0 fully saturated rings. The Kier molecular flexibility index (Phi) is 3.02. The number of nitrogens with zero attached hydrogens (tertiary/aromatic N) is 2. The molecule has 4 heteroatoms. The maximum Gasteiger partial charge on any atom is 0.161 e. The lowest BCUT2D eigenvalue weighted by molar-refractivity contribution is 0.622. The van der Waals surface area contributed by atoms with Crippen LogP contribution in [0.4, 0.5) is 0 Å². The summed E-state index contributed by atoms with van der Waals surface area (Å²) < 4.78 is 0. The van der Waals surface area contributed by atoms with E-state index in [1.54, 1.807) is 0 Å². The summed E-state index contributed by atoms with van der Waals surface area (Å²) >= 11 is 6.20. The fourth-order valence-corrected chi connectivity index (χ4v) is 2.50. The molecular formula is C14H14ClN3. The van der Waals surface area contributed by atoms with E-state index in [-0.39, 0.29) is 0 Å². The smallest absolute Gasteiger partial charge is 0.161 e. The molecule has 2 heterocycles. The molecule has 0 unspecified atom stereocenters. The van der Waals surface area contributed by atoms with Crippen LogP contribution in [0, 0.1) is 6.92 Å². The van der Waals surface area contributed by atoms with Crippen LogP contribution in [0.3, 0.4) is 0 Å². The Morgan fingerprint density at radius 3 is 2.89 bits per heavy atom. The van der Waals surface area contributed by atoms with Crippen LogP contribution in [0.15, 0.2) is 24.3 Å². The van der Waals surface area contributed by atoms with Crippen LogP contribution in [0.5, 0.6) is 0 Å². The van der Waals surface area contributed by atoms with Crippen molar-refractivity contribution in [2.24, 2.45) is 0 Å². The van der Waals surface area contributed by atoms with Crippen LogP contribution in [0.1, 0.15) is 17.0 Å². The number of benzene rings is 1. The lowest BCUT2D eigenvalue weighted by Gasteiger charge is -2.18. The predicted molar refractivity (Wildman–Crippen MR) is 72.6 cm³/mol. The molecule has 3 rings (SSSR count). The summed E-state index contributed by atoms with van der Waals surface area (Å²) in [5.74, 6) is 0.735. The number of nitrogens with one attached hydrogen (secondary N) is 1. The monoisotopic (exact) mass is 259 g/mol. The molecule has 0 radical (unpaired) electrons. The van der Waals surface area contributed by atoms with Gasteiger partial charge in [0, 0.05) is 36.3 Å². The average molecular weight is 260 g/mol. The molecule has 92 valence electrons. The van der Waals surface area contributed by atoms with Gasteiger partial charge in [0.25, 0.3) is 0 Å². The van der Waals surface area contributed by atoms with Crippen LogP contribution in [0.2, 0.25) is 5.02 Å². The van der Waals surface area contributed by atoms with Gasteiger partial charge in [-0.2, -0.15) is 0 Å². The van der Waals surface area contributed by atoms with E-state index in [2.05, 4.69) is 15.3 Å². The standard InChI is InChI=1S/C14H14ClN3/c1-9-11-8-16-7-6-13(11)18-14(17-9)10-4-2-3-5-12(10)15/h2-5,16H,6-8H2,1H3. The van der Waals surface area contributed by atoms with Crippen LogP contribution < -0.4 is 5.32 Å². The highest BCUT2D eigenvalue weighted by Gasteiger charge is 2.16. The number of fused-ring (bicyclic) bond motifs is 1. The van der Waals surface area contributed by atoms with Gasteiger partial charge >= 0.3 is 0 Å². The zero-order valence-corrected chi connectivity index (χ0v) is 11.0. The number of halogens is 1.